The van der Waals surface area contributed by atoms with Gasteiger partial charge in [0.2, 0.25) is 0 Å². The molecule has 6 nitrogen and oxygen atoms in total. The van der Waals surface area contributed by atoms with Gasteiger partial charge in [0, 0.05) is 26.3 Å². The molecule has 10 heteroatoms. The van der Waals surface area contributed by atoms with Gasteiger partial charge in [-0.05, 0) is 17.7 Å². The van der Waals surface area contributed by atoms with Gasteiger partial charge in [-0.25, -0.2) is 14.8 Å². The Bertz CT molecular complexity index is 1150. The van der Waals surface area contributed by atoms with Gasteiger partial charge < -0.3 is 0 Å². The predicted molar refractivity (Wildman–Crippen MR) is 100 cm³/mol. The van der Waals surface area contributed by atoms with E-state index in [9.17, 15) is 22.8 Å². The average Bonchev–Trinajstić information content (AvgIpc) is 2.67. The van der Waals surface area contributed by atoms with E-state index in [1.165, 1.54) is 42.6 Å². The fourth-order valence-corrected chi connectivity index (χ4v) is 3.66. The minimum absolute atomic E-state index is 0.221. The van der Waals surface area contributed by atoms with Crippen molar-refractivity contribution >= 4 is 22.8 Å². The summed E-state index contributed by atoms with van der Waals surface area (Å²) in [5.41, 5.74) is -0.808. The van der Waals surface area contributed by atoms with Crippen LogP contribution >= 0.6 is 11.8 Å². The lowest BCUT2D eigenvalue weighted by Gasteiger charge is -2.11. The Hall–Kier alpha value is -2.62. The number of halogens is 3. The van der Waals surface area contributed by atoms with Crippen LogP contribution in [-0.4, -0.2) is 19.1 Å². The summed E-state index contributed by atoms with van der Waals surface area (Å²) in [6.45, 7) is 1.85. The molecule has 0 spiro atoms. The molecule has 0 saturated heterocycles. The summed E-state index contributed by atoms with van der Waals surface area (Å²) >= 11 is 1.22. The fourth-order valence-electron chi connectivity index (χ4n) is 2.68. The molecule has 1 aromatic carbocycles. The zero-order chi connectivity index (χ0) is 20.6. The second-order valence-electron chi connectivity index (χ2n) is 6.19. The molecule has 2 heterocycles. The molecule has 0 N–H and O–H groups in total. The van der Waals surface area contributed by atoms with Crippen LogP contribution in [-0.2, 0) is 32.4 Å². The van der Waals surface area contributed by atoms with Crippen LogP contribution in [0.15, 0.2) is 38.9 Å². The summed E-state index contributed by atoms with van der Waals surface area (Å²) in [4.78, 5) is 33.5. The van der Waals surface area contributed by atoms with E-state index in [0.29, 0.717) is 28.6 Å². The van der Waals surface area contributed by atoms with Crippen LogP contribution in [0.25, 0.3) is 11.0 Å². The Labute approximate surface area is 162 Å². The minimum Gasteiger partial charge on any atom is -0.280 e. The highest BCUT2D eigenvalue weighted by atomic mass is 32.2. The third kappa shape index (κ3) is 3.68. The molecule has 148 valence electrons. The highest BCUT2D eigenvalue weighted by molar-refractivity contribution is 7.98. The number of aromatic nitrogens is 4. The van der Waals surface area contributed by atoms with Crippen molar-refractivity contribution in [2.24, 2.45) is 14.1 Å². The van der Waals surface area contributed by atoms with Crippen molar-refractivity contribution in [1.82, 2.24) is 19.1 Å². The third-order valence-corrected chi connectivity index (χ3v) is 5.33. The van der Waals surface area contributed by atoms with Crippen molar-refractivity contribution in [3.63, 3.8) is 0 Å². The molecule has 0 aliphatic heterocycles. The third-order valence-electron chi connectivity index (χ3n) is 4.29. The molecule has 0 radical (unpaired) electrons. The first kappa shape index (κ1) is 20.1. The molecule has 0 atom stereocenters. The first-order chi connectivity index (χ1) is 13.1. The van der Waals surface area contributed by atoms with E-state index in [-0.39, 0.29) is 11.0 Å². The van der Waals surface area contributed by atoms with Crippen molar-refractivity contribution in [2.75, 3.05) is 0 Å². The largest absolute Gasteiger partial charge is 0.416 e. The van der Waals surface area contributed by atoms with Gasteiger partial charge in [-0.2, -0.15) is 13.2 Å². The molecule has 0 saturated carbocycles. The molecule has 0 bridgehead atoms. The summed E-state index contributed by atoms with van der Waals surface area (Å²) in [7, 11) is 2.91. The van der Waals surface area contributed by atoms with Crippen LogP contribution in [0.3, 0.4) is 0 Å². The molecule has 0 aliphatic rings. The molecule has 0 aliphatic carbocycles. The van der Waals surface area contributed by atoms with E-state index in [1.807, 2.05) is 6.92 Å². The molecule has 0 amide bonds. The second kappa shape index (κ2) is 7.42. The fraction of sp³-hybridized carbons (Fsp3) is 0.333. The maximum absolute atomic E-state index is 12.7. The molecule has 28 heavy (non-hydrogen) atoms. The number of aryl methyl sites for hydroxylation is 2. The quantitative estimate of drug-likeness (QED) is 0.489. The first-order valence-corrected chi connectivity index (χ1v) is 9.37. The van der Waals surface area contributed by atoms with Crippen LogP contribution in [0, 0.1) is 0 Å². The molecule has 3 aromatic rings. The smallest absolute Gasteiger partial charge is 0.280 e. The van der Waals surface area contributed by atoms with E-state index in [1.54, 1.807) is 0 Å². The standard InChI is InChI=1S/C18H17F3N4O2S/c1-4-12-22-14-13(16(26)25(3)17(27)24(14)2)15(23-12)28-9-10-5-7-11(8-6-10)18(19,20)21/h5-8H,4,9H2,1-3H3. The maximum atomic E-state index is 12.7. The van der Waals surface area contributed by atoms with Crippen LogP contribution in [0.1, 0.15) is 23.9 Å². The lowest BCUT2D eigenvalue weighted by molar-refractivity contribution is -0.137. The van der Waals surface area contributed by atoms with Crippen molar-refractivity contribution in [2.45, 2.75) is 30.3 Å². The van der Waals surface area contributed by atoms with Gasteiger partial charge in [0.05, 0.1) is 5.56 Å². The van der Waals surface area contributed by atoms with E-state index < -0.39 is 23.0 Å². The molecule has 2 aromatic heterocycles. The van der Waals surface area contributed by atoms with Gasteiger partial charge >= 0.3 is 11.9 Å². The molecular weight excluding hydrogens is 393 g/mol. The highest BCUT2D eigenvalue weighted by Gasteiger charge is 2.29. The molecule has 3 rings (SSSR count). The van der Waals surface area contributed by atoms with Gasteiger partial charge in [-0.1, -0.05) is 19.1 Å². The average molecular weight is 410 g/mol. The topological polar surface area (TPSA) is 69.8 Å². The first-order valence-electron chi connectivity index (χ1n) is 8.39. The Kier molecular flexibility index (Phi) is 5.33. The van der Waals surface area contributed by atoms with Crippen LogP contribution in [0.5, 0.6) is 0 Å². The Balaban J connectivity index is 2.03. The minimum atomic E-state index is -4.39. The Morgan fingerprint density at radius 1 is 1.04 bits per heavy atom. The number of nitrogens with zero attached hydrogens (tertiary/aromatic N) is 4. The summed E-state index contributed by atoms with van der Waals surface area (Å²) in [5.74, 6) is 0.796. The monoisotopic (exact) mass is 410 g/mol. The van der Waals surface area contributed by atoms with Crippen molar-refractivity contribution in [3.8, 4) is 0 Å². The van der Waals surface area contributed by atoms with Crippen molar-refractivity contribution in [3.05, 3.63) is 62.1 Å². The summed E-state index contributed by atoms with van der Waals surface area (Å²) in [6, 6.07) is 4.84. The van der Waals surface area contributed by atoms with Crippen molar-refractivity contribution < 1.29 is 13.2 Å². The number of thioether (sulfide) groups is 1. The van der Waals surface area contributed by atoms with E-state index >= 15 is 0 Å². The van der Waals surface area contributed by atoms with Gasteiger partial charge in [0.1, 0.15) is 16.2 Å². The second-order valence-corrected chi connectivity index (χ2v) is 7.15. The Morgan fingerprint density at radius 3 is 2.25 bits per heavy atom. The van der Waals surface area contributed by atoms with Crippen LogP contribution < -0.4 is 11.2 Å². The normalized spacial score (nSPS) is 11.9. The lowest BCUT2D eigenvalue weighted by atomic mass is 10.1. The predicted octanol–water partition coefficient (Wildman–Crippen LogP) is 2.90. The van der Waals surface area contributed by atoms with Gasteiger partial charge in [-0.15, -0.1) is 11.8 Å². The maximum Gasteiger partial charge on any atom is 0.416 e. The number of rotatable bonds is 4. The summed E-state index contributed by atoms with van der Waals surface area (Å²) < 4.78 is 40.4. The van der Waals surface area contributed by atoms with Gasteiger partial charge in [0.15, 0.2) is 5.65 Å². The van der Waals surface area contributed by atoms with E-state index in [0.717, 1.165) is 16.7 Å². The van der Waals surface area contributed by atoms with E-state index in [4.69, 9.17) is 0 Å². The number of hydrogen-bond donors (Lipinski definition) is 0. The molecular formula is C18H17F3N4O2S. The highest BCUT2D eigenvalue weighted by Crippen LogP contribution is 2.31. The molecule has 0 unspecified atom stereocenters. The number of alkyl halides is 3. The van der Waals surface area contributed by atoms with Gasteiger partial charge in [-0.3, -0.25) is 13.9 Å². The van der Waals surface area contributed by atoms with Crippen LogP contribution in [0.2, 0.25) is 0 Å². The Morgan fingerprint density at radius 2 is 1.68 bits per heavy atom. The summed E-state index contributed by atoms with van der Waals surface area (Å²) in [5, 5.41) is 0.622. The van der Waals surface area contributed by atoms with E-state index in [2.05, 4.69) is 9.97 Å². The summed E-state index contributed by atoms with van der Waals surface area (Å²) in [6.07, 6.45) is -3.88. The number of hydrogen-bond acceptors (Lipinski definition) is 5. The SMILES string of the molecule is CCc1nc(SCc2ccc(C(F)(F)F)cc2)c2c(=O)n(C)c(=O)n(C)c2n1. The van der Waals surface area contributed by atoms with Crippen LogP contribution in [0.4, 0.5) is 13.2 Å². The lowest BCUT2D eigenvalue weighted by Crippen LogP contribution is -2.37. The van der Waals surface area contributed by atoms with Crippen molar-refractivity contribution in [1.29, 1.82) is 0 Å². The molecule has 0 fully saturated rings. The number of fused-ring (bicyclic) bond motifs is 1. The zero-order valence-electron chi connectivity index (χ0n) is 15.4. The number of benzene rings is 1. The van der Waals surface area contributed by atoms with Gasteiger partial charge in [0.25, 0.3) is 5.56 Å². The zero-order valence-corrected chi connectivity index (χ0v) is 16.2.